The molecule has 0 N–H and O–H groups in total. The van der Waals surface area contributed by atoms with Crippen LogP contribution in [-0.4, -0.2) is 11.3 Å². The Hall–Kier alpha value is -0.850. The second kappa shape index (κ2) is 11.7. The van der Waals surface area contributed by atoms with Crippen LogP contribution in [0.1, 0.15) is 114 Å². The van der Waals surface area contributed by atoms with E-state index in [0.29, 0.717) is 5.41 Å². The molecule has 1 nitrogen and oxygen atoms in total. The predicted octanol–water partition coefficient (Wildman–Crippen LogP) is 8.31. The van der Waals surface area contributed by atoms with E-state index in [2.05, 4.69) is 74.5 Å². The van der Waals surface area contributed by atoms with Gasteiger partial charge in [0.15, 0.2) is 0 Å². The van der Waals surface area contributed by atoms with Gasteiger partial charge in [0.05, 0.1) is 5.54 Å². The first kappa shape index (κ1) is 24.1. The average molecular weight is 348 g/mol. The van der Waals surface area contributed by atoms with Gasteiger partial charge in [0, 0.05) is 5.71 Å². The molecule has 0 aromatic heterocycles. The molecule has 0 aliphatic carbocycles. The predicted molar refractivity (Wildman–Crippen MR) is 117 cm³/mol. The molecule has 0 amide bonds. The highest BCUT2D eigenvalue weighted by Crippen LogP contribution is 2.28. The van der Waals surface area contributed by atoms with Crippen molar-refractivity contribution in [2.75, 3.05) is 0 Å². The zero-order valence-corrected chi connectivity index (χ0v) is 18.8. The zero-order valence-electron chi connectivity index (χ0n) is 18.8. The van der Waals surface area contributed by atoms with E-state index >= 15 is 0 Å². The van der Waals surface area contributed by atoms with Gasteiger partial charge in [-0.15, -0.1) is 0 Å². The lowest BCUT2D eigenvalue weighted by Gasteiger charge is -2.22. The maximum absolute atomic E-state index is 4.85. The first-order chi connectivity index (χ1) is 11.5. The number of rotatable bonds is 12. The van der Waals surface area contributed by atoms with Gasteiger partial charge in [-0.1, -0.05) is 57.4 Å². The Labute approximate surface area is 159 Å². The summed E-state index contributed by atoms with van der Waals surface area (Å²) in [5.74, 6) is 0. The van der Waals surface area contributed by atoms with E-state index < -0.39 is 0 Å². The van der Waals surface area contributed by atoms with E-state index in [1.807, 2.05) is 0 Å². The third-order valence-electron chi connectivity index (χ3n) is 5.20. The van der Waals surface area contributed by atoms with E-state index in [0.717, 1.165) is 19.3 Å². The molecule has 1 heteroatoms. The Bertz CT molecular complexity index is 460. The van der Waals surface area contributed by atoms with Crippen molar-refractivity contribution < 1.29 is 0 Å². The molecule has 25 heavy (non-hydrogen) atoms. The van der Waals surface area contributed by atoms with Crippen LogP contribution < -0.4 is 0 Å². The van der Waals surface area contributed by atoms with E-state index in [-0.39, 0.29) is 5.54 Å². The van der Waals surface area contributed by atoms with Crippen molar-refractivity contribution in [3.05, 3.63) is 23.3 Å². The van der Waals surface area contributed by atoms with Crippen LogP contribution >= 0.6 is 0 Å². The van der Waals surface area contributed by atoms with Crippen molar-refractivity contribution in [2.45, 2.75) is 119 Å². The molecular weight excluding hydrogens is 302 g/mol. The Balaban J connectivity index is 4.28. The van der Waals surface area contributed by atoms with Crippen LogP contribution in [0.4, 0.5) is 0 Å². The summed E-state index contributed by atoms with van der Waals surface area (Å²) < 4.78 is 0. The third kappa shape index (κ3) is 13.1. The van der Waals surface area contributed by atoms with Crippen LogP contribution in [-0.2, 0) is 0 Å². The molecule has 0 unspecified atom stereocenters. The molecule has 0 heterocycles. The molecule has 0 aromatic carbocycles. The number of hydrogen-bond acceptors (Lipinski definition) is 1. The van der Waals surface area contributed by atoms with Gasteiger partial charge in [0.25, 0.3) is 0 Å². The Kier molecular flexibility index (Phi) is 11.3. The van der Waals surface area contributed by atoms with Crippen molar-refractivity contribution in [3.63, 3.8) is 0 Å². The summed E-state index contributed by atoms with van der Waals surface area (Å²) in [6, 6.07) is 0. The summed E-state index contributed by atoms with van der Waals surface area (Å²) >= 11 is 0. The highest BCUT2D eigenvalue weighted by molar-refractivity contribution is 5.82. The fraction of sp³-hybridized carbons (Fsp3) is 0.792. The van der Waals surface area contributed by atoms with Gasteiger partial charge < -0.3 is 0 Å². The average Bonchev–Trinajstić information content (AvgIpc) is 2.51. The number of hydrogen-bond donors (Lipinski definition) is 0. The molecule has 0 aliphatic heterocycles. The van der Waals surface area contributed by atoms with Crippen LogP contribution in [0.2, 0.25) is 0 Å². The molecule has 0 fully saturated rings. The van der Waals surface area contributed by atoms with Crippen LogP contribution in [0.25, 0.3) is 0 Å². The van der Waals surface area contributed by atoms with Crippen LogP contribution in [0.15, 0.2) is 28.3 Å². The van der Waals surface area contributed by atoms with E-state index in [4.69, 9.17) is 4.99 Å². The van der Waals surface area contributed by atoms with Crippen molar-refractivity contribution in [2.24, 2.45) is 10.4 Å². The topological polar surface area (TPSA) is 12.4 Å². The maximum Gasteiger partial charge on any atom is 0.0548 e. The van der Waals surface area contributed by atoms with Crippen molar-refractivity contribution in [3.8, 4) is 0 Å². The van der Waals surface area contributed by atoms with Gasteiger partial charge in [-0.2, -0.15) is 0 Å². The smallest absolute Gasteiger partial charge is 0.0548 e. The lowest BCUT2D eigenvalue weighted by atomic mass is 9.84. The minimum absolute atomic E-state index is 0.0924. The monoisotopic (exact) mass is 347 g/mol. The molecular formula is C24H45N. The fourth-order valence-corrected chi connectivity index (χ4v) is 3.01. The molecule has 0 rings (SSSR count). The number of aliphatic imine (C=N–C) groups is 1. The second-order valence-electron chi connectivity index (χ2n) is 9.27. The van der Waals surface area contributed by atoms with Crippen molar-refractivity contribution >= 4 is 5.71 Å². The maximum atomic E-state index is 4.85. The van der Waals surface area contributed by atoms with Crippen molar-refractivity contribution in [1.29, 1.82) is 0 Å². The fourth-order valence-electron chi connectivity index (χ4n) is 3.01. The first-order valence-corrected chi connectivity index (χ1v) is 10.4. The van der Waals surface area contributed by atoms with Crippen molar-refractivity contribution in [1.82, 2.24) is 0 Å². The molecule has 0 radical (unpaired) electrons. The van der Waals surface area contributed by atoms with E-state index in [1.165, 1.54) is 49.0 Å². The molecule has 0 spiro atoms. The molecule has 0 saturated heterocycles. The quantitative estimate of drug-likeness (QED) is 0.248. The Morgan fingerprint density at radius 3 is 2.00 bits per heavy atom. The lowest BCUT2D eigenvalue weighted by Crippen LogP contribution is -2.16. The highest BCUT2D eigenvalue weighted by atomic mass is 14.8. The molecule has 0 bridgehead atoms. The van der Waals surface area contributed by atoms with Crippen LogP contribution in [0.3, 0.4) is 0 Å². The molecule has 0 aliphatic rings. The summed E-state index contributed by atoms with van der Waals surface area (Å²) in [6.45, 7) is 20.4. The second-order valence-corrected chi connectivity index (χ2v) is 9.27. The molecule has 0 saturated carbocycles. The zero-order chi connectivity index (χ0) is 19.5. The lowest BCUT2D eigenvalue weighted by molar-refractivity contribution is 0.335. The van der Waals surface area contributed by atoms with Gasteiger partial charge in [0.2, 0.25) is 0 Å². The van der Waals surface area contributed by atoms with Crippen LogP contribution in [0.5, 0.6) is 0 Å². The van der Waals surface area contributed by atoms with Gasteiger partial charge in [-0.3, -0.25) is 4.99 Å². The number of nitrogens with zero attached hydrogens (tertiary/aromatic N) is 1. The summed E-state index contributed by atoms with van der Waals surface area (Å²) in [5, 5.41) is 0. The number of allylic oxidation sites excluding steroid dienone is 4. The Morgan fingerprint density at radius 1 is 0.840 bits per heavy atom. The minimum atomic E-state index is 0.0924. The molecule has 0 atom stereocenters. The largest absolute Gasteiger partial charge is 0.288 e. The first-order valence-electron chi connectivity index (χ1n) is 10.4. The summed E-state index contributed by atoms with van der Waals surface area (Å²) in [7, 11) is 0. The standard InChI is InChI=1S/C24H45N/c1-10-18-23(6,7)19-17-21(4)14-12-13-20(3)15-16-22(5)25-24(8,9)11-2/h13,17H,10-12,14-16,18-19H2,1-9H3/b20-13+,21-17+,25-22+. The van der Waals surface area contributed by atoms with Gasteiger partial charge in [0.1, 0.15) is 0 Å². The van der Waals surface area contributed by atoms with Gasteiger partial charge in [-0.05, 0) is 85.0 Å². The Morgan fingerprint density at radius 2 is 1.44 bits per heavy atom. The normalized spacial score (nSPS) is 15.0. The van der Waals surface area contributed by atoms with E-state index in [1.54, 1.807) is 0 Å². The summed E-state index contributed by atoms with van der Waals surface area (Å²) in [6.07, 6.45) is 14.4. The summed E-state index contributed by atoms with van der Waals surface area (Å²) in [5.41, 5.74) is 4.87. The molecule has 0 aromatic rings. The SMILES string of the molecule is CCCC(C)(C)C/C=C(\C)CC/C=C(\C)CC/C(C)=N/C(C)(C)CC. The molecule has 146 valence electrons. The van der Waals surface area contributed by atoms with Gasteiger partial charge >= 0.3 is 0 Å². The third-order valence-corrected chi connectivity index (χ3v) is 5.20. The minimum Gasteiger partial charge on any atom is -0.288 e. The summed E-state index contributed by atoms with van der Waals surface area (Å²) in [4.78, 5) is 4.85. The van der Waals surface area contributed by atoms with E-state index in [9.17, 15) is 0 Å². The van der Waals surface area contributed by atoms with Crippen LogP contribution in [0, 0.1) is 5.41 Å². The van der Waals surface area contributed by atoms with Gasteiger partial charge in [-0.25, -0.2) is 0 Å². The highest BCUT2D eigenvalue weighted by Gasteiger charge is 2.14.